The molecule has 0 unspecified atom stereocenters. The van der Waals surface area contributed by atoms with Crippen LogP contribution in [0.25, 0.3) is 11.5 Å². The predicted molar refractivity (Wildman–Crippen MR) is 85.6 cm³/mol. The van der Waals surface area contributed by atoms with Gasteiger partial charge in [-0.1, -0.05) is 6.07 Å². The first kappa shape index (κ1) is 15.4. The van der Waals surface area contributed by atoms with Gasteiger partial charge in [0.1, 0.15) is 11.3 Å². The van der Waals surface area contributed by atoms with E-state index in [4.69, 9.17) is 4.74 Å². The zero-order valence-corrected chi connectivity index (χ0v) is 13.6. The van der Waals surface area contributed by atoms with Gasteiger partial charge in [0.15, 0.2) is 5.82 Å². The lowest BCUT2D eigenvalue weighted by Crippen LogP contribution is -2.40. The van der Waals surface area contributed by atoms with Crippen LogP contribution in [0.5, 0.6) is 0 Å². The minimum Gasteiger partial charge on any atom is -0.444 e. The monoisotopic (exact) mass is 312 g/mol. The Kier molecular flexibility index (Phi) is 3.98. The zero-order valence-electron chi connectivity index (χ0n) is 13.6. The maximum absolute atomic E-state index is 12.2. The Morgan fingerprint density at radius 3 is 2.78 bits per heavy atom. The summed E-state index contributed by atoms with van der Waals surface area (Å²) in [6.45, 7) is 6.68. The van der Waals surface area contributed by atoms with E-state index in [9.17, 15) is 4.79 Å². The number of pyridine rings is 1. The molecule has 0 atom stereocenters. The molecular weight excluding hydrogens is 292 g/mol. The fourth-order valence-electron chi connectivity index (χ4n) is 2.42. The molecule has 1 amide bonds. The van der Waals surface area contributed by atoms with Gasteiger partial charge in [-0.15, -0.1) is 0 Å². The fourth-order valence-corrected chi connectivity index (χ4v) is 2.42. The summed E-state index contributed by atoms with van der Waals surface area (Å²) in [6.07, 6.45) is 3.90. The molecule has 3 rings (SSSR count). The number of hydrogen-bond acceptors (Lipinski definition) is 5. The van der Waals surface area contributed by atoms with E-state index < -0.39 is 5.60 Å². The second-order valence-corrected chi connectivity index (χ2v) is 6.53. The second-order valence-electron chi connectivity index (χ2n) is 6.53. The first-order valence-corrected chi connectivity index (χ1v) is 7.66. The van der Waals surface area contributed by atoms with Crippen molar-refractivity contribution in [3.63, 3.8) is 0 Å². The molecule has 0 saturated heterocycles. The molecule has 23 heavy (non-hydrogen) atoms. The van der Waals surface area contributed by atoms with Crippen LogP contribution in [0.15, 0.2) is 30.6 Å². The summed E-state index contributed by atoms with van der Waals surface area (Å²) >= 11 is 0. The highest BCUT2D eigenvalue weighted by molar-refractivity contribution is 5.68. The average molecular weight is 312 g/mol. The van der Waals surface area contributed by atoms with Gasteiger partial charge in [-0.3, -0.25) is 4.98 Å². The SMILES string of the molecule is CC(C)(C)OC(=O)N1CCc2nc(-c3ccccn3)ncc2C1. The zero-order chi connectivity index (χ0) is 16.4. The molecule has 1 aliphatic heterocycles. The Hall–Kier alpha value is -2.50. The fraction of sp³-hybridized carbons (Fsp3) is 0.412. The van der Waals surface area contributed by atoms with Crippen LogP contribution in [0.1, 0.15) is 32.0 Å². The van der Waals surface area contributed by atoms with Gasteiger partial charge < -0.3 is 9.64 Å². The number of nitrogens with zero attached hydrogens (tertiary/aromatic N) is 4. The van der Waals surface area contributed by atoms with Crippen LogP contribution in [-0.4, -0.2) is 38.1 Å². The summed E-state index contributed by atoms with van der Waals surface area (Å²) in [5.74, 6) is 0.620. The van der Waals surface area contributed by atoms with Crippen molar-refractivity contribution in [2.75, 3.05) is 6.54 Å². The van der Waals surface area contributed by atoms with Crippen molar-refractivity contribution in [1.82, 2.24) is 19.9 Å². The second kappa shape index (κ2) is 5.95. The lowest BCUT2D eigenvalue weighted by atomic mass is 10.1. The Labute approximate surface area is 135 Å². The molecule has 0 fully saturated rings. The van der Waals surface area contributed by atoms with Crippen molar-refractivity contribution in [3.05, 3.63) is 41.9 Å². The summed E-state index contributed by atoms with van der Waals surface area (Å²) in [5.41, 5.74) is 2.20. The van der Waals surface area contributed by atoms with E-state index in [1.165, 1.54) is 0 Å². The van der Waals surface area contributed by atoms with Crippen molar-refractivity contribution < 1.29 is 9.53 Å². The Bertz CT molecular complexity index is 710. The summed E-state index contributed by atoms with van der Waals surface area (Å²) in [6, 6.07) is 5.66. The normalized spacial score (nSPS) is 14.3. The molecule has 0 N–H and O–H groups in total. The van der Waals surface area contributed by atoms with E-state index in [-0.39, 0.29) is 6.09 Å². The van der Waals surface area contributed by atoms with Gasteiger partial charge in [0, 0.05) is 30.9 Å². The summed E-state index contributed by atoms with van der Waals surface area (Å²) < 4.78 is 5.42. The third kappa shape index (κ3) is 3.64. The predicted octanol–water partition coefficient (Wildman–Crippen LogP) is 2.83. The van der Waals surface area contributed by atoms with Crippen molar-refractivity contribution in [3.8, 4) is 11.5 Å². The van der Waals surface area contributed by atoms with E-state index in [2.05, 4.69) is 15.0 Å². The highest BCUT2D eigenvalue weighted by atomic mass is 16.6. The highest BCUT2D eigenvalue weighted by Crippen LogP contribution is 2.21. The van der Waals surface area contributed by atoms with Crippen LogP contribution in [0.4, 0.5) is 4.79 Å². The number of carbonyl (C=O) groups is 1. The number of hydrogen-bond donors (Lipinski definition) is 0. The van der Waals surface area contributed by atoms with Gasteiger partial charge in [-0.2, -0.15) is 0 Å². The van der Waals surface area contributed by atoms with Crippen molar-refractivity contribution in [2.24, 2.45) is 0 Å². The number of aromatic nitrogens is 3. The average Bonchev–Trinajstić information content (AvgIpc) is 2.53. The number of amides is 1. The van der Waals surface area contributed by atoms with Gasteiger partial charge in [0.25, 0.3) is 0 Å². The highest BCUT2D eigenvalue weighted by Gasteiger charge is 2.26. The third-order valence-electron chi connectivity index (χ3n) is 3.48. The number of ether oxygens (including phenoxy) is 1. The molecule has 2 aromatic heterocycles. The van der Waals surface area contributed by atoms with E-state index in [1.807, 2.05) is 39.0 Å². The molecule has 0 aliphatic carbocycles. The van der Waals surface area contributed by atoms with E-state index in [1.54, 1.807) is 17.3 Å². The maximum Gasteiger partial charge on any atom is 0.410 e. The quantitative estimate of drug-likeness (QED) is 0.810. The van der Waals surface area contributed by atoms with Gasteiger partial charge in [-0.05, 0) is 32.9 Å². The smallest absolute Gasteiger partial charge is 0.410 e. The van der Waals surface area contributed by atoms with Crippen LogP contribution in [0.3, 0.4) is 0 Å². The van der Waals surface area contributed by atoms with Crippen molar-refractivity contribution in [1.29, 1.82) is 0 Å². The molecule has 6 heteroatoms. The molecule has 6 nitrogen and oxygen atoms in total. The maximum atomic E-state index is 12.2. The Morgan fingerprint density at radius 2 is 2.09 bits per heavy atom. The summed E-state index contributed by atoms with van der Waals surface area (Å²) in [7, 11) is 0. The summed E-state index contributed by atoms with van der Waals surface area (Å²) in [5, 5.41) is 0. The topological polar surface area (TPSA) is 68.2 Å². The number of fused-ring (bicyclic) bond motifs is 1. The van der Waals surface area contributed by atoms with E-state index in [0.29, 0.717) is 25.3 Å². The van der Waals surface area contributed by atoms with Crippen LogP contribution < -0.4 is 0 Å². The van der Waals surface area contributed by atoms with E-state index >= 15 is 0 Å². The lowest BCUT2D eigenvalue weighted by molar-refractivity contribution is 0.0222. The minimum absolute atomic E-state index is 0.294. The Morgan fingerprint density at radius 1 is 1.26 bits per heavy atom. The standard InChI is InChI=1S/C17H20N4O2/c1-17(2,3)23-16(22)21-9-7-13-12(11-21)10-19-15(20-13)14-6-4-5-8-18-14/h4-6,8,10H,7,9,11H2,1-3H3. The third-order valence-corrected chi connectivity index (χ3v) is 3.48. The van der Waals surface area contributed by atoms with E-state index in [0.717, 1.165) is 17.0 Å². The molecule has 0 radical (unpaired) electrons. The van der Waals surface area contributed by atoms with Crippen LogP contribution >= 0.6 is 0 Å². The molecule has 0 bridgehead atoms. The molecule has 1 aliphatic rings. The Balaban J connectivity index is 1.77. The first-order chi connectivity index (χ1) is 10.9. The van der Waals surface area contributed by atoms with Crippen molar-refractivity contribution >= 4 is 6.09 Å². The molecular formula is C17H20N4O2. The van der Waals surface area contributed by atoms with Gasteiger partial charge in [0.05, 0.1) is 12.2 Å². The lowest BCUT2D eigenvalue weighted by Gasteiger charge is -2.30. The first-order valence-electron chi connectivity index (χ1n) is 7.66. The van der Waals surface area contributed by atoms with Crippen LogP contribution in [-0.2, 0) is 17.7 Å². The minimum atomic E-state index is -0.489. The molecule has 0 spiro atoms. The van der Waals surface area contributed by atoms with Gasteiger partial charge >= 0.3 is 6.09 Å². The van der Waals surface area contributed by atoms with Gasteiger partial charge in [0.2, 0.25) is 0 Å². The number of carbonyl (C=O) groups excluding carboxylic acids is 1. The largest absolute Gasteiger partial charge is 0.444 e. The van der Waals surface area contributed by atoms with Crippen LogP contribution in [0.2, 0.25) is 0 Å². The molecule has 2 aromatic rings. The molecule has 120 valence electrons. The van der Waals surface area contributed by atoms with Gasteiger partial charge in [-0.25, -0.2) is 14.8 Å². The van der Waals surface area contributed by atoms with Crippen molar-refractivity contribution in [2.45, 2.75) is 39.3 Å². The number of rotatable bonds is 1. The molecule has 3 heterocycles. The molecule has 0 saturated carbocycles. The summed E-state index contributed by atoms with van der Waals surface area (Å²) in [4.78, 5) is 27.1. The van der Waals surface area contributed by atoms with Crippen LogP contribution in [0, 0.1) is 0 Å². The molecule has 0 aromatic carbocycles.